The van der Waals surface area contributed by atoms with Crippen molar-refractivity contribution in [2.75, 3.05) is 0 Å². The molecule has 1 aromatic rings. The number of alkyl halides is 3. The molecule has 1 N–H and O–H groups in total. The Morgan fingerprint density at radius 2 is 2.23 bits per heavy atom. The minimum Gasteiger partial charge on any atom is -0.459 e. The number of halogens is 3. The van der Waals surface area contributed by atoms with E-state index in [4.69, 9.17) is 4.42 Å². The maximum atomic E-state index is 13.2. The second kappa shape index (κ2) is 6.12. The van der Waals surface area contributed by atoms with Crippen LogP contribution < -0.4 is 0 Å². The summed E-state index contributed by atoms with van der Waals surface area (Å²) in [5.74, 6) is -1.42. The first-order valence-corrected chi connectivity index (χ1v) is 7.03. The molecule has 1 aliphatic rings. The van der Waals surface area contributed by atoms with Crippen LogP contribution in [-0.2, 0) is 0 Å². The first-order chi connectivity index (χ1) is 10.3. The Balaban J connectivity index is 2.26. The van der Waals surface area contributed by atoms with Gasteiger partial charge in [-0.3, -0.25) is 4.79 Å². The first kappa shape index (κ1) is 16.5. The SMILES string of the molecule is CCCCCC1=NN(C(=O)c2ccco2)[C@@](O)(C(F)(F)F)C1. The van der Waals surface area contributed by atoms with Gasteiger partial charge in [0.25, 0.3) is 5.72 Å². The van der Waals surface area contributed by atoms with Crippen LogP contribution in [0.25, 0.3) is 0 Å². The van der Waals surface area contributed by atoms with Crippen molar-refractivity contribution in [1.82, 2.24) is 5.01 Å². The Kier molecular flexibility index (Phi) is 4.60. The smallest absolute Gasteiger partial charge is 0.438 e. The van der Waals surface area contributed by atoms with Gasteiger partial charge in [0.2, 0.25) is 0 Å². The minimum absolute atomic E-state index is 0.0904. The average Bonchev–Trinajstić information content (AvgIpc) is 3.06. The van der Waals surface area contributed by atoms with E-state index >= 15 is 0 Å². The molecule has 0 radical (unpaired) electrons. The van der Waals surface area contributed by atoms with Crippen molar-refractivity contribution in [3.8, 4) is 0 Å². The topological polar surface area (TPSA) is 66.0 Å². The number of nitrogens with zero attached hydrogens (tertiary/aromatic N) is 2. The maximum Gasteiger partial charge on any atom is 0.438 e. The van der Waals surface area contributed by atoms with E-state index in [0.29, 0.717) is 12.8 Å². The molecule has 0 bridgehead atoms. The van der Waals surface area contributed by atoms with Gasteiger partial charge in [0.05, 0.1) is 6.26 Å². The molecule has 2 heterocycles. The second-order valence-electron chi connectivity index (χ2n) is 5.21. The van der Waals surface area contributed by atoms with Gasteiger partial charge in [0.1, 0.15) is 0 Å². The van der Waals surface area contributed by atoms with E-state index in [2.05, 4.69) is 5.10 Å². The summed E-state index contributed by atoms with van der Waals surface area (Å²) in [6.07, 6.45) is -1.85. The van der Waals surface area contributed by atoms with Gasteiger partial charge in [-0.05, 0) is 25.0 Å². The van der Waals surface area contributed by atoms with Crippen LogP contribution in [0.2, 0.25) is 0 Å². The molecule has 0 fully saturated rings. The van der Waals surface area contributed by atoms with Gasteiger partial charge in [0.15, 0.2) is 5.76 Å². The van der Waals surface area contributed by atoms with Crippen molar-refractivity contribution in [2.45, 2.75) is 50.9 Å². The highest BCUT2D eigenvalue weighted by Gasteiger charge is 2.63. The molecule has 0 saturated heterocycles. The minimum atomic E-state index is -5.01. The van der Waals surface area contributed by atoms with Gasteiger partial charge in [-0.15, -0.1) is 0 Å². The molecular weight excluding hydrogens is 301 g/mol. The van der Waals surface area contributed by atoms with E-state index in [1.807, 2.05) is 6.92 Å². The first-order valence-electron chi connectivity index (χ1n) is 7.03. The number of furan rings is 1. The molecular formula is C14H17F3N2O3. The fraction of sp³-hybridized carbons (Fsp3) is 0.571. The fourth-order valence-corrected chi connectivity index (χ4v) is 2.27. The molecule has 0 saturated carbocycles. The Hall–Kier alpha value is -1.83. The predicted molar refractivity (Wildman–Crippen MR) is 72.1 cm³/mol. The molecule has 2 rings (SSSR count). The zero-order valence-corrected chi connectivity index (χ0v) is 12.1. The predicted octanol–water partition coefficient (Wildman–Crippen LogP) is 3.31. The van der Waals surface area contributed by atoms with Crippen molar-refractivity contribution < 1.29 is 27.5 Å². The van der Waals surface area contributed by atoms with Crippen LogP contribution in [0.4, 0.5) is 13.2 Å². The standard InChI is InChI=1S/C14H17F3N2O3/c1-2-3-4-6-10-9-13(21,14(15,16)17)19(18-10)12(20)11-7-5-8-22-11/h5,7-8,21H,2-4,6,9H2,1H3/t13-/m0/s1. The summed E-state index contributed by atoms with van der Waals surface area (Å²) < 4.78 is 44.4. The number of carbonyl (C=O) groups is 1. The molecule has 22 heavy (non-hydrogen) atoms. The van der Waals surface area contributed by atoms with Gasteiger partial charge in [0, 0.05) is 12.1 Å². The Labute approximate surface area is 125 Å². The second-order valence-corrected chi connectivity index (χ2v) is 5.21. The molecule has 1 amide bonds. The summed E-state index contributed by atoms with van der Waals surface area (Å²) in [4.78, 5) is 12.1. The number of hydrogen-bond acceptors (Lipinski definition) is 4. The van der Waals surface area contributed by atoms with Crippen molar-refractivity contribution >= 4 is 11.6 Å². The van der Waals surface area contributed by atoms with Crippen LogP contribution in [0.15, 0.2) is 27.9 Å². The summed E-state index contributed by atoms with van der Waals surface area (Å²) >= 11 is 0. The molecule has 5 nitrogen and oxygen atoms in total. The monoisotopic (exact) mass is 318 g/mol. The molecule has 0 unspecified atom stereocenters. The highest BCUT2D eigenvalue weighted by Crippen LogP contribution is 2.41. The van der Waals surface area contributed by atoms with Gasteiger partial charge in [-0.2, -0.15) is 23.3 Å². The average molecular weight is 318 g/mol. The van der Waals surface area contributed by atoms with Crippen molar-refractivity contribution in [3.63, 3.8) is 0 Å². The van der Waals surface area contributed by atoms with Crippen LogP contribution >= 0.6 is 0 Å². The third-order valence-electron chi connectivity index (χ3n) is 3.49. The van der Waals surface area contributed by atoms with Crippen LogP contribution in [0.5, 0.6) is 0 Å². The number of hydrazone groups is 1. The third kappa shape index (κ3) is 3.01. The molecule has 0 aromatic carbocycles. The lowest BCUT2D eigenvalue weighted by Crippen LogP contribution is -2.56. The third-order valence-corrected chi connectivity index (χ3v) is 3.49. The lowest BCUT2D eigenvalue weighted by Gasteiger charge is -2.32. The summed E-state index contributed by atoms with van der Waals surface area (Å²) in [6, 6.07) is 2.60. The fourth-order valence-electron chi connectivity index (χ4n) is 2.27. The summed E-state index contributed by atoms with van der Waals surface area (Å²) in [7, 11) is 0. The van der Waals surface area contributed by atoms with Gasteiger partial charge in [-0.1, -0.05) is 19.8 Å². The zero-order chi connectivity index (χ0) is 16.4. The van der Waals surface area contributed by atoms with Crippen LogP contribution in [0, 0.1) is 0 Å². The molecule has 1 atom stereocenters. The summed E-state index contributed by atoms with van der Waals surface area (Å²) in [6.45, 7) is 1.97. The summed E-state index contributed by atoms with van der Waals surface area (Å²) in [5, 5.41) is 13.8. The van der Waals surface area contributed by atoms with E-state index in [1.165, 1.54) is 18.4 Å². The van der Waals surface area contributed by atoms with E-state index in [9.17, 15) is 23.1 Å². The lowest BCUT2D eigenvalue weighted by atomic mass is 10.0. The van der Waals surface area contributed by atoms with Crippen molar-refractivity contribution in [3.05, 3.63) is 24.2 Å². The maximum absolute atomic E-state index is 13.2. The Morgan fingerprint density at radius 3 is 2.77 bits per heavy atom. The van der Waals surface area contributed by atoms with E-state index in [-0.39, 0.29) is 16.5 Å². The van der Waals surface area contributed by atoms with Crippen LogP contribution in [0.3, 0.4) is 0 Å². The van der Waals surface area contributed by atoms with Gasteiger partial charge < -0.3 is 9.52 Å². The number of carbonyl (C=O) groups excluding carboxylic acids is 1. The Morgan fingerprint density at radius 1 is 1.50 bits per heavy atom. The highest BCUT2D eigenvalue weighted by molar-refractivity contribution is 5.96. The number of rotatable bonds is 5. The normalized spacial score (nSPS) is 22.0. The molecule has 8 heteroatoms. The molecule has 122 valence electrons. The number of aliphatic hydroxyl groups is 1. The molecule has 0 spiro atoms. The van der Waals surface area contributed by atoms with Crippen molar-refractivity contribution in [1.29, 1.82) is 0 Å². The largest absolute Gasteiger partial charge is 0.459 e. The zero-order valence-electron chi connectivity index (χ0n) is 12.1. The lowest BCUT2D eigenvalue weighted by molar-refractivity contribution is -0.297. The molecule has 1 aliphatic heterocycles. The highest BCUT2D eigenvalue weighted by atomic mass is 19.4. The van der Waals surface area contributed by atoms with E-state index in [0.717, 1.165) is 12.8 Å². The Bertz CT molecular complexity index is 554. The van der Waals surface area contributed by atoms with Crippen LogP contribution in [0.1, 0.15) is 49.6 Å². The molecule has 0 aliphatic carbocycles. The summed E-state index contributed by atoms with van der Waals surface area (Å²) in [5.41, 5.74) is -3.16. The quantitative estimate of drug-likeness (QED) is 0.847. The number of unbranched alkanes of at least 4 members (excludes halogenated alkanes) is 2. The van der Waals surface area contributed by atoms with E-state index < -0.39 is 24.2 Å². The van der Waals surface area contributed by atoms with Crippen LogP contribution in [-0.4, -0.2) is 33.6 Å². The van der Waals surface area contributed by atoms with E-state index in [1.54, 1.807) is 0 Å². The van der Waals surface area contributed by atoms with Crippen molar-refractivity contribution in [2.24, 2.45) is 5.10 Å². The number of hydrogen-bond donors (Lipinski definition) is 1. The molecule has 1 aromatic heterocycles. The van der Waals surface area contributed by atoms with Gasteiger partial charge >= 0.3 is 12.1 Å². The number of amides is 1. The van der Waals surface area contributed by atoms with Gasteiger partial charge in [-0.25, -0.2) is 0 Å².